The maximum absolute atomic E-state index is 5.78. The monoisotopic (exact) mass is 281 g/mol. The highest BCUT2D eigenvalue weighted by atomic mass is 16.5. The van der Waals surface area contributed by atoms with Gasteiger partial charge in [-0.05, 0) is 38.9 Å². The van der Waals surface area contributed by atoms with Crippen molar-refractivity contribution in [3.05, 3.63) is 23.8 Å². The molecular weight excluding hydrogens is 254 g/mol. The van der Waals surface area contributed by atoms with Gasteiger partial charge in [-0.25, -0.2) is 0 Å². The lowest BCUT2D eigenvalue weighted by Gasteiger charge is -2.28. The van der Waals surface area contributed by atoms with Crippen molar-refractivity contribution in [2.24, 2.45) is 0 Å². The fourth-order valence-electron chi connectivity index (χ4n) is 2.35. The molecule has 0 amide bonds. The number of nitrogens with one attached hydrogen (secondary N) is 1. The van der Waals surface area contributed by atoms with Crippen LogP contribution in [0.1, 0.15) is 38.8 Å². The number of methoxy groups -OCH3 is 2. The average molecular weight is 281 g/mol. The highest BCUT2D eigenvalue weighted by Crippen LogP contribution is 2.36. The second kappa shape index (κ2) is 8.82. The largest absolute Gasteiger partial charge is 0.496 e. The summed E-state index contributed by atoms with van der Waals surface area (Å²) in [6.45, 7) is 7.83. The summed E-state index contributed by atoms with van der Waals surface area (Å²) >= 11 is 0. The Morgan fingerprint density at radius 3 is 2.15 bits per heavy atom. The molecule has 0 aliphatic heterocycles. The van der Waals surface area contributed by atoms with Crippen LogP contribution in [-0.4, -0.2) is 33.5 Å². The topological polar surface area (TPSA) is 39.7 Å². The van der Waals surface area contributed by atoms with Crippen molar-refractivity contribution in [1.29, 1.82) is 0 Å². The van der Waals surface area contributed by atoms with Crippen molar-refractivity contribution in [2.75, 3.05) is 27.4 Å². The van der Waals surface area contributed by atoms with Crippen molar-refractivity contribution in [2.45, 2.75) is 39.3 Å². The first kappa shape index (κ1) is 16.8. The van der Waals surface area contributed by atoms with E-state index in [2.05, 4.69) is 19.2 Å². The van der Waals surface area contributed by atoms with Gasteiger partial charge in [-0.3, -0.25) is 0 Å². The van der Waals surface area contributed by atoms with Crippen LogP contribution in [0.3, 0.4) is 0 Å². The van der Waals surface area contributed by atoms with Crippen LogP contribution in [0, 0.1) is 0 Å². The average Bonchev–Trinajstić information content (AvgIpc) is 2.47. The number of ether oxygens (including phenoxy) is 3. The van der Waals surface area contributed by atoms with Crippen molar-refractivity contribution in [3.63, 3.8) is 0 Å². The third-order valence-electron chi connectivity index (χ3n) is 3.29. The third-order valence-corrected chi connectivity index (χ3v) is 3.29. The molecule has 0 aliphatic rings. The van der Waals surface area contributed by atoms with Gasteiger partial charge in [-0.1, -0.05) is 13.0 Å². The molecule has 0 saturated heterocycles. The maximum Gasteiger partial charge on any atom is 0.127 e. The third kappa shape index (κ3) is 4.12. The van der Waals surface area contributed by atoms with Crippen molar-refractivity contribution < 1.29 is 14.2 Å². The molecule has 4 nitrogen and oxygen atoms in total. The van der Waals surface area contributed by atoms with Gasteiger partial charge >= 0.3 is 0 Å². The molecule has 1 aromatic rings. The molecule has 1 rings (SSSR count). The maximum atomic E-state index is 5.78. The zero-order chi connectivity index (χ0) is 15.0. The van der Waals surface area contributed by atoms with E-state index >= 15 is 0 Å². The highest BCUT2D eigenvalue weighted by molar-refractivity contribution is 5.47. The van der Waals surface area contributed by atoms with E-state index in [1.54, 1.807) is 14.2 Å². The summed E-state index contributed by atoms with van der Waals surface area (Å²) < 4.78 is 16.8. The lowest BCUT2D eigenvalue weighted by Crippen LogP contribution is -2.33. The van der Waals surface area contributed by atoms with Crippen molar-refractivity contribution in [3.8, 4) is 11.5 Å². The minimum atomic E-state index is 0.0387. The van der Waals surface area contributed by atoms with Gasteiger partial charge in [0.25, 0.3) is 0 Å². The van der Waals surface area contributed by atoms with Gasteiger partial charge in [0.1, 0.15) is 11.5 Å². The predicted octanol–water partition coefficient (Wildman–Crippen LogP) is 3.17. The lowest BCUT2D eigenvalue weighted by molar-refractivity contribution is 0.0459. The molecule has 114 valence electrons. The smallest absolute Gasteiger partial charge is 0.127 e. The Morgan fingerprint density at radius 2 is 1.70 bits per heavy atom. The van der Waals surface area contributed by atoms with Crippen LogP contribution in [0.15, 0.2) is 18.2 Å². The van der Waals surface area contributed by atoms with Crippen LogP contribution in [0.2, 0.25) is 0 Å². The first-order valence-electron chi connectivity index (χ1n) is 7.25. The molecule has 0 saturated carbocycles. The highest BCUT2D eigenvalue weighted by Gasteiger charge is 2.26. The summed E-state index contributed by atoms with van der Waals surface area (Å²) in [5, 5.41) is 3.53. The molecule has 2 atom stereocenters. The number of hydrogen-bond acceptors (Lipinski definition) is 4. The molecule has 0 fully saturated rings. The van der Waals surface area contributed by atoms with Gasteiger partial charge < -0.3 is 19.5 Å². The SMILES string of the molecule is CCCNC(c1c(OC)cccc1OC)C(C)OCC. The summed E-state index contributed by atoms with van der Waals surface area (Å²) in [7, 11) is 3.36. The van der Waals surface area contributed by atoms with Gasteiger partial charge in [0.2, 0.25) is 0 Å². The number of hydrogen-bond donors (Lipinski definition) is 1. The molecule has 0 bridgehead atoms. The zero-order valence-electron chi connectivity index (χ0n) is 13.2. The molecule has 4 heteroatoms. The van der Waals surface area contributed by atoms with Gasteiger partial charge in [-0.15, -0.1) is 0 Å². The normalized spacial score (nSPS) is 13.8. The molecule has 0 aliphatic carbocycles. The molecule has 0 aromatic heterocycles. The van der Waals surface area contributed by atoms with Gasteiger partial charge in [0.05, 0.1) is 31.9 Å². The van der Waals surface area contributed by atoms with Gasteiger partial charge in [0, 0.05) is 6.61 Å². The molecule has 0 spiro atoms. The Morgan fingerprint density at radius 1 is 1.10 bits per heavy atom. The fourth-order valence-corrected chi connectivity index (χ4v) is 2.35. The molecule has 1 N–H and O–H groups in total. The Balaban J connectivity index is 3.16. The zero-order valence-corrected chi connectivity index (χ0v) is 13.2. The second-order valence-corrected chi connectivity index (χ2v) is 4.67. The summed E-state index contributed by atoms with van der Waals surface area (Å²) in [5.41, 5.74) is 1.02. The van der Waals surface area contributed by atoms with Crippen molar-refractivity contribution >= 4 is 0 Å². The quantitative estimate of drug-likeness (QED) is 0.754. The van der Waals surface area contributed by atoms with E-state index in [4.69, 9.17) is 14.2 Å². The van der Waals surface area contributed by atoms with Crippen LogP contribution in [0.5, 0.6) is 11.5 Å². The van der Waals surface area contributed by atoms with Crippen LogP contribution >= 0.6 is 0 Å². The lowest BCUT2D eigenvalue weighted by atomic mass is 9.99. The standard InChI is InChI=1S/C16H27NO3/c1-6-11-17-16(12(3)20-7-2)15-13(18-4)9-8-10-14(15)19-5/h8-10,12,16-17H,6-7,11H2,1-5H3. The Bertz CT molecular complexity index is 373. The Kier molecular flexibility index (Phi) is 7.41. The molecule has 2 unspecified atom stereocenters. The van der Waals surface area contributed by atoms with E-state index < -0.39 is 0 Å². The van der Waals surface area contributed by atoms with Crippen LogP contribution < -0.4 is 14.8 Å². The van der Waals surface area contributed by atoms with Crippen LogP contribution in [0.25, 0.3) is 0 Å². The fraction of sp³-hybridized carbons (Fsp3) is 0.625. The molecule has 20 heavy (non-hydrogen) atoms. The Hall–Kier alpha value is -1.26. The van der Waals surface area contributed by atoms with E-state index in [9.17, 15) is 0 Å². The summed E-state index contributed by atoms with van der Waals surface area (Å²) in [4.78, 5) is 0. The van der Waals surface area contributed by atoms with E-state index in [1.165, 1.54) is 0 Å². The van der Waals surface area contributed by atoms with E-state index in [0.29, 0.717) is 6.61 Å². The molecule has 0 heterocycles. The summed E-state index contributed by atoms with van der Waals surface area (Å²) in [5.74, 6) is 1.65. The van der Waals surface area contributed by atoms with E-state index in [1.807, 2.05) is 25.1 Å². The first-order valence-corrected chi connectivity index (χ1v) is 7.25. The van der Waals surface area contributed by atoms with Crippen LogP contribution in [-0.2, 0) is 4.74 Å². The molecule has 1 aromatic carbocycles. The molecular formula is C16H27NO3. The van der Waals surface area contributed by atoms with E-state index in [0.717, 1.165) is 30.0 Å². The number of rotatable bonds is 9. The van der Waals surface area contributed by atoms with Crippen molar-refractivity contribution in [1.82, 2.24) is 5.32 Å². The summed E-state index contributed by atoms with van der Waals surface area (Å²) in [6, 6.07) is 5.89. The second-order valence-electron chi connectivity index (χ2n) is 4.67. The first-order chi connectivity index (χ1) is 9.69. The van der Waals surface area contributed by atoms with Crippen LogP contribution in [0.4, 0.5) is 0 Å². The van der Waals surface area contributed by atoms with Gasteiger partial charge in [0.15, 0.2) is 0 Å². The minimum Gasteiger partial charge on any atom is -0.496 e. The predicted molar refractivity (Wildman–Crippen MR) is 81.7 cm³/mol. The minimum absolute atomic E-state index is 0.0387. The summed E-state index contributed by atoms with van der Waals surface area (Å²) in [6.07, 6.45) is 1.10. The number of benzene rings is 1. The Labute approximate surface area is 122 Å². The van der Waals surface area contributed by atoms with Gasteiger partial charge in [-0.2, -0.15) is 0 Å². The van der Waals surface area contributed by atoms with E-state index in [-0.39, 0.29) is 12.1 Å². The molecule has 0 radical (unpaired) electrons.